The Morgan fingerprint density at radius 1 is 1.30 bits per heavy atom. The minimum Gasteiger partial charge on any atom is -0.464 e. The molecule has 2 atom stereocenters. The molecular formula is C16H26N4O3. The van der Waals surface area contributed by atoms with Crippen molar-refractivity contribution in [1.82, 2.24) is 20.1 Å². The lowest BCUT2D eigenvalue weighted by atomic mass is 9.91. The largest absolute Gasteiger partial charge is 0.464 e. The van der Waals surface area contributed by atoms with Crippen molar-refractivity contribution in [3.8, 4) is 0 Å². The fourth-order valence-electron chi connectivity index (χ4n) is 3.06. The number of nitrogens with zero attached hydrogens (tertiary/aromatic N) is 3. The normalized spacial score (nSPS) is 18.7. The van der Waals surface area contributed by atoms with E-state index in [1.807, 2.05) is 0 Å². The second-order valence-electron chi connectivity index (χ2n) is 6.04. The van der Waals surface area contributed by atoms with E-state index in [0.29, 0.717) is 6.61 Å². The summed E-state index contributed by atoms with van der Waals surface area (Å²) in [5.41, 5.74) is 0. The molecule has 1 amide bonds. The molecule has 1 saturated carbocycles. The molecular weight excluding hydrogens is 296 g/mol. The summed E-state index contributed by atoms with van der Waals surface area (Å²) in [6.07, 6.45) is 9.34. The van der Waals surface area contributed by atoms with E-state index in [0.717, 1.165) is 25.7 Å². The topological polar surface area (TPSA) is 86.1 Å². The van der Waals surface area contributed by atoms with Gasteiger partial charge in [0.05, 0.1) is 6.61 Å². The SMILES string of the molecule is CCOC(=O)C(NC(=O)C(C)n1cncn1)C1CCCCCC1. The standard InChI is InChI=1S/C16H26N4O3/c1-3-23-16(22)14(13-8-6-4-5-7-9-13)19-15(21)12(2)20-11-17-10-18-20/h10-14H,3-9H2,1-2H3,(H,19,21). The van der Waals surface area contributed by atoms with E-state index in [-0.39, 0.29) is 17.8 Å². The first-order chi connectivity index (χ1) is 11.1. The molecule has 23 heavy (non-hydrogen) atoms. The van der Waals surface area contributed by atoms with Crippen LogP contribution in [0.25, 0.3) is 0 Å². The maximum Gasteiger partial charge on any atom is 0.328 e. The Kier molecular flexibility index (Phi) is 6.55. The Balaban J connectivity index is 2.06. The third kappa shape index (κ3) is 4.77. The van der Waals surface area contributed by atoms with Crippen LogP contribution in [0.2, 0.25) is 0 Å². The van der Waals surface area contributed by atoms with E-state index >= 15 is 0 Å². The average Bonchev–Trinajstić information content (AvgIpc) is 2.95. The molecule has 2 unspecified atom stereocenters. The van der Waals surface area contributed by atoms with Crippen molar-refractivity contribution in [2.45, 2.75) is 64.5 Å². The van der Waals surface area contributed by atoms with Gasteiger partial charge in [0.2, 0.25) is 5.91 Å². The number of nitrogens with one attached hydrogen (secondary N) is 1. The van der Waals surface area contributed by atoms with Gasteiger partial charge in [-0.15, -0.1) is 0 Å². The molecule has 1 aromatic heterocycles. The number of hydrogen-bond acceptors (Lipinski definition) is 5. The number of esters is 1. The summed E-state index contributed by atoms with van der Waals surface area (Å²) in [4.78, 5) is 28.7. The Bertz CT molecular complexity index is 495. The molecule has 128 valence electrons. The van der Waals surface area contributed by atoms with E-state index in [1.54, 1.807) is 13.8 Å². The van der Waals surface area contributed by atoms with Crippen LogP contribution in [-0.4, -0.2) is 39.3 Å². The second-order valence-corrected chi connectivity index (χ2v) is 6.04. The van der Waals surface area contributed by atoms with Gasteiger partial charge < -0.3 is 10.1 Å². The van der Waals surface area contributed by atoms with Gasteiger partial charge in [0, 0.05) is 0 Å². The maximum absolute atomic E-state index is 12.5. The lowest BCUT2D eigenvalue weighted by molar-refractivity contribution is -0.149. The van der Waals surface area contributed by atoms with Gasteiger partial charge in [-0.25, -0.2) is 14.5 Å². The van der Waals surface area contributed by atoms with Crippen LogP contribution in [0.1, 0.15) is 58.4 Å². The van der Waals surface area contributed by atoms with Crippen LogP contribution in [0.15, 0.2) is 12.7 Å². The van der Waals surface area contributed by atoms with Gasteiger partial charge in [0.25, 0.3) is 0 Å². The molecule has 7 nitrogen and oxygen atoms in total. The van der Waals surface area contributed by atoms with Crippen molar-refractivity contribution < 1.29 is 14.3 Å². The van der Waals surface area contributed by atoms with E-state index in [9.17, 15) is 9.59 Å². The van der Waals surface area contributed by atoms with Crippen LogP contribution in [0, 0.1) is 5.92 Å². The summed E-state index contributed by atoms with van der Waals surface area (Å²) in [6.45, 7) is 3.83. The number of carbonyl (C=O) groups is 2. The average molecular weight is 322 g/mol. The number of aromatic nitrogens is 3. The van der Waals surface area contributed by atoms with Gasteiger partial charge in [-0.2, -0.15) is 5.10 Å². The minimum atomic E-state index is -0.577. The molecule has 1 aliphatic carbocycles. The molecule has 2 rings (SSSR count). The van der Waals surface area contributed by atoms with E-state index < -0.39 is 12.1 Å². The highest BCUT2D eigenvalue weighted by atomic mass is 16.5. The minimum absolute atomic E-state index is 0.142. The highest BCUT2D eigenvalue weighted by molar-refractivity contribution is 5.86. The molecule has 0 aliphatic heterocycles. The van der Waals surface area contributed by atoms with Crippen LogP contribution in [-0.2, 0) is 14.3 Å². The van der Waals surface area contributed by atoms with Crippen molar-refractivity contribution in [2.75, 3.05) is 6.61 Å². The first kappa shape index (κ1) is 17.4. The number of carbonyl (C=O) groups excluding carboxylic acids is 2. The molecule has 1 aliphatic rings. The number of rotatable bonds is 6. The molecule has 1 N–H and O–H groups in total. The zero-order valence-electron chi connectivity index (χ0n) is 13.9. The fourth-order valence-corrected chi connectivity index (χ4v) is 3.06. The van der Waals surface area contributed by atoms with E-state index in [1.165, 1.54) is 30.2 Å². The van der Waals surface area contributed by atoms with Gasteiger partial charge in [-0.3, -0.25) is 4.79 Å². The zero-order valence-corrected chi connectivity index (χ0v) is 13.9. The third-order valence-electron chi connectivity index (χ3n) is 4.42. The Hall–Kier alpha value is -1.92. The van der Waals surface area contributed by atoms with Crippen LogP contribution >= 0.6 is 0 Å². The van der Waals surface area contributed by atoms with Crippen LogP contribution in [0.5, 0.6) is 0 Å². The van der Waals surface area contributed by atoms with E-state index in [4.69, 9.17) is 4.74 Å². The van der Waals surface area contributed by atoms with Crippen molar-refractivity contribution in [3.63, 3.8) is 0 Å². The van der Waals surface area contributed by atoms with Crippen LogP contribution in [0.4, 0.5) is 0 Å². The second kappa shape index (κ2) is 8.64. The summed E-state index contributed by atoms with van der Waals surface area (Å²) >= 11 is 0. The highest BCUT2D eigenvalue weighted by Gasteiger charge is 2.32. The van der Waals surface area contributed by atoms with Gasteiger partial charge >= 0.3 is 5.97 Å². The van der Waals surface area contributed by atoms with Crippen molar-refractivity contribution in [1.29, 1.82) is 0 Å². The van der Waals surface area contributed by atoms with Gasteiger partial charge in [0.15, 0.2) is 0 Å². The summed E-state index contributed by atoms with van der Waals surface area (Å²) in [5.74, 6) is -0.431. The molecule has 0 spiro atoms. The first-order valence-corrected chi connectivity index (χ1v) is 8.44. The molecule has 0 aromatic carbocycles. The molecule has 1 fully saturated rings. The fraction of sp³-hybridized carbons (Fsp3) is 0.750. The predicted octanol–water partition coefficient (Wildman–Crippen LogP) is 1.86. The molecule has 0 saturated heterocycles. The van der Waals surface area contributed by atoms with Gasteiger partial charge in [-0.05, 0) is 32.6 Å². The molecule has 1 heterocycles. The smallest absolute Gasteiger partial charge is 0.328 e. The molecule has 0 radical (unpaired) electrons. The quantitative estimate of drug-likeness (QED) is 0.638. The lowest BCUT2D eigenvalue weighted by Crippen LogP contribution is -2.48. The summed E-state index contributed by atoms with van der Waals surface area (Å²) < 4.78 is 6.66. The summed E-state index contributed by atoms with van der Waals surface area (Å²) in [7, 11) is 0. The predicted molar refractivity (Wildman–Crippen MR) is 84.5 cm³/mol. The van der Waals surface area contributed by atoms with Gasteiger partial charge in [0.1, 0.15) is 24.7 Å². The van der Waals surface area contributed by atoms with Crippen LogP contribution < -0.4 is 5.32 Å². The lowest BCUT2D eigenvalue weighted by Gasteiger charge is -2.26. The van der Waals surface area contributed by atoms with Crippen molar-refractivity contribution in [3.05, 3.63) is 12.7 Å². The molecule has 7 heteroatoms. The highest BCUT2D eigenvalue weighted by Crippen LogP contribution is 2.26. The van der Waals surface area contributed by atoms with E-state index in [2.05, 4.69) is 15.4 Å². The number of amides is 1. The molecule has 1 aromatic rings. The van der Waals surface area contributed by atoms with Crippen molar-refractivity contribution in [2.24, 2.45) is 5.92 Å². The third-order valence-corrected chi connectivity index (χ3v) is 4.42. The summed E-state index contributed by atoms with van der Waals surface area (Å²) in [5, 5.41) is 6.87. The number of hydrogen-bond donors (Lipinski definition) is 1. The number of ether oxygens (including phenoxy) is 1. The zero-order chi connectivity index (χ0) is 16.7. The Morgan fingerprint density at radius 3 is 2.57 bits per heavy atom. The van der Waals surface area contributed by atoms with Gasteiger partial charge in [-0.1, -0.05) is 25.7 Å². The monoisotopic (exact) mass is 322 g/mol. The Labute approximate surface area is 136 Å². The summed E-state index contributed by atoms with van der Waals surface area (Å²) in [6, 6.07) is -1.09. The Morgan fingerprint density at radius 2 is 2.00 bits per heavy atom. The maximum atomic E-state index is 12.5. The molecule has 0 bridgehead atoms. The van der Waals surface area contributed by atoms with Crippen molar-refractivity contribution >= 4 is 11.9 Å². The first-order valence-electron chi connectivity index (χ1n) is 8.44. The van der Waals surface area contributed by atoms with Crippen LogP contribution in [0.3, 0.4) is 0 Å².